The van der Waals surface area contributed by atoms with Gasteiger partial charge in [-0.15, -0.1) is 0 Å². The van der Waals surface area contributed by atoms with Crippen LogP contribution in [0, 0.1) is 5.92 Å². The molecule has 1 heterocycles. The van der Waals surface area contributed by atoms with Crippen LogP contribution in [-0.4, -0.2) is 26.4 Å². The summed E-state index contributed by atoms with van der Waals surface area (Å²) in [5.41, 5.74) is 1.10. The van der Waals surface area contributed by atoms with Gasteiger partial charge in [0, 0.05) is 13.1 Å². The molecule has 2 rings (SSSR count). The maximum absolute atomic E-state index is 11.4. The molecule has 1 unspecified atom stereocenters. The Labute approximate surface area is 112 Å². The first-order valence-electron chi connectivity index (χ1n) is 6.41. The number of methoxy groups -OCH3 is 1. The summed E-state index contributed by atoms with van der Waals surface area (Å²) < 4.78 is 15.3. The molecule has 1 atom stereocenters. The van der Waals surface area contributed by atoms with Gasteiger partial charge in [0.2, 0.25) is 6.79 Å². The molecule has 0 aliphatic carbocycles. The van der Waals surface area contributed by atoms with E-state index in [1.165, 1.54) is 7.11 Å². The van der Waals surface area contributed by atoms with E-state index in [9.17, 15) is 4.79 Å². The van der Waals surface area contributed by atoms with E-state index >= 15 is 0 Å². The Hall–Kier alpha value is -1.75. The summed E-state index contributed by atoms with van der Waals surface area (Å²) in [5, 5.41) is 3.26. The van der Waals surface area contributed by atoms with Crippen molar-refractivity contribution in [3.8, 4) is 11.5 Å². The van der Waals surface area contributed by atoms with Gasteiger partial charge in [-0.25, -0.2) is 0 Å². The van der Waals surface area contributed by atoms with Crippen LogP contribution in [0.5, 0.6) is 11.5 Å². The van der Waals surface area contributed by atoms with Crippen molar-refractivity contribution < 1.29 is 19.0 Å². The zero-order valence-electron chi connectivity index (χ0n) is 11.3. The van der Waals surface area contributed by atoms with Crippen molar-refractivity contribution in [2.75, 3.05) is 20.4 Å². The lowest BCUT2D eigenvalue weighted by molar-refractivity contribution is -0.145. The van der Waals surface area contributed by atoms with Crippen molar-refractivity contribution in [2.24, 2.45) is 5.92 Å². The highest BCUT2D eigenvalue weighted by Crippen LogP contribution is 2.32. The van der Waals surface area contributed by atoms with E-state index in [0.29, 0.717) is 13.1 Å². The maximum atomic E-state index is 11.4. The molecular weight excluding hydrogens is 246 g/mol. The Balaban J connectivity index is 1.84. The number of hydrogen-bond donors (Lipinski definition) is 1. The van der Waals surface area contributed by atoms with Gasteiger partial charge in [0.1, 0.15) is 0 Å². The van der Waals surface area contributed by atoms with Crippen LogP contribution in [0.4, 0.5) is 0 Å². The molecule has 104 valence electrons. The third-order valence-corrected chi connectivity index (χ3v) is 3.18. The molecule has 0 fully saturated rings. The lowest BCUT2D eigenvalue weighted by atomic mass is 10.1. The van der Waals surface area contributed by atoms with Crippen LogP contribution in [-0.2, 0) is 16.1 Å². The Morgan fingerprint density at radius 3 is 2.95 bits per heavy atom. The lowest BCUT2D eigenvalue weighted by Gasteiger charge is -2.13. The minimum Gasteiger partial charge on any atom is -0.469 e. The normalized spacial score (nSPS) is 14.2. The quantitative estimate of drug-likeness (QED) is 0.793. The summed E-state index contributed by atoms with van der Waals surface area (Å²) >= 11 is 0. The molecule has 0 radical (unpaired) electrons. The highest BCUT2D eigenvalue weighted by atomic mass is 16.7. The number of carbonyl (C=O) groups excluding carboxylic acids is 1. The number of rotatable bonds is 6. The van der Waals surface area contributed by atoms with Crippen molar-refractivity contribution in [2.45, 2.75) is 19.9 Å². The van der Waals surface area contributed by atoms with Crippen molar-refractivity contribution in [3.05, 3.63) is 23.8 Å². The van der Waals surface area contributed by atoms with Gasteiger partial charge >= 0.3 is 5.97 Å². The van der Waals surface area contributed by atoms with Gasteiger partial charge in [0.05, 0.1) is 13.0 Å². The molecule has 0 aromatic heterocycles. The summed E-state index contributed by atoms with van der Waals surface area (Å²) in [7, 11) is 1.42. The average molecular weight is 265 g/mol. The topological polar surface area (TPSA) is 56.8 Å². The van der Waals surface area contributed by atoms with Crippen molar-refractivity contribution in [1.82, 2.24) is 5.32 Å². The fraction of sp³-hybridized carbons (Fsp3) is 0.500. The van der Waals surface area contributed by atoms with Crippen LogP contribution in [0.2, 0.25) is 0 Å². The van der Waals surface area contributed by atoms with Crippen molar-refractivity contribution in [3.63, 3.8) is 0 Å². The molecule has 0 amide bonds. The minimum absolute atomic E-state index is 0.0981. The van der Waals surface area contributed by atoms with E-state index in [1.54, 1.807) is 0 Å². The zero-order valence-corrected chi connectivity index (χ0v) is 11.3. The summed E-state index contributed by atoms with van der Waals surface area (Å²) in [6.07, 6.45) is 0.765. The van der Waals surface area contributed by atoms with Gasteiger partial charge in [-0.05, 0) is 24.1 Å². The van der Waals surface area contributed by atoms with E-state index in [0.717, 1.165) is 23.5 Å². The van der Waals surface area contributed by atoms with E-state index < -0.39 is 0 Å². The summed E-state index contributed by atoms with van der Waals surface area (Å²) in [4.78, 5) is 11.4. The van der Waals surface area contributed by atoms with Gasteiger partial charge in [-0.2, -0.15) is 0 Å². The number of benzene rings is 1. The fourth-order valence-electron chi connectivity index (χ4n) is 2.00. The monoisotopic (exact) mass is 265 g/mol. The highest BCUT2D eigenvalue weighted by molar-refractivity contribution is 5.72. The first-order chi connectivity index (χ1) is 9.24. The molecule has 19 heavy (non-hydrogen) atoms. The Morgan fingerprint density at radius 2 is 2.21 bits per heavy atom. The largest absolute Gasteiger partial charge is 0.469 e. The first kappa shape index (κ1) is 13.7. The molecule has 1 aromatic carbocycles. The number of carbonyl (C=O) groups is 1. The van der Waals surface area contributed by atoms with E-state index in [4.69, 9.17) is 14.2 Å². The molecule has 0 spiro atoms. The second kappa shape index (κ2) is 6.43. The standard InChI is InChI=1S/C14H19NO4/c1-3-11(14(16)17-2)8-15-7-10-4-5-12-13(6-10)19-9-18-12/h4-6,11,15H,3,7-9H2,1-2H3. The molecule has 1 aliphatic rings. The van der Waals surface area contributed by atoms with Crippen LogP contribution < -0.4 is 14.8 Å². The van der Waals surface area contributed by atoms with Gasteiger partial charge in [0.15, 0.2) is 11.5 Å². The molecule has 1 aromatic rings. The van der Waals surface area contributed by atoms with Crippen LogP contribution in [0.15, 0.2) is 18.2 Å². The van der Waals surface area contributed by atoms with E-state index in [2.05, 4.69) is 5.32 Å². The third-order valence-electron chi connectivity index (χ3n) is 3.18. The molecule has 0 saturated carbocycles. The number of hydrogen-bond acceptors (Lipinski definition) is 5. The van der Waals surface area contributed by atoms with Crippen molar-refractivity contribution in [1.29, 1.82) is 0 Å². The number of nitrogens with one attached hydrogen (secondary N) is 1. The molecule has 1 N–H and O–H groups in total. The minimum atomic E-state index is -0.166. The number of ether oxygens (including phenoxy) is 3. The third kappa shape index (κ3) is 3.38. The number of fused-ring (bicyclic) bond motifs is 1. The summed E-state index contributed by atoms with van der Waals surface area (Å²) in [6.45, 7) is 3.55. The lowest BCUT2D eigenvalue weighted by Crippen LogP contribution is -2.28. The second-order valence-electron chi connectivity index (χ2n) is 4.45. The van der Waals surface area contributed by atoms with Crippen LogP contribution in [0.1, 0.15) is 18.9 Å². The summed E-state index contributed by atoms with van der Waals surface area (Å²) in [6, 6.07) is 5.84. The van der Waals surface area contributed by atoms with Gasteiger partial charge in [0.25, 0.3) is 0 Å². The summed E-state index contributed by atoms with van der Waals surface area (Å²) in [5.74, 6) is 1.30. The van der Waals surface area contributed by atoms with Crippen LogP contribution >= 0.6 is 0 Å². The highest BCUT2D eigenvalue weighted by Gasteiger charge is 2.17. The van der Waals surface area contributed by atoms with Crippen molar-refractivity contribution >= 4 is 5.97 Å². The smallest absolute Gasteiger partial charge is 0.309 e. The SMILES string of the molecule is CCC(CNCc1ccc2c(c1)OCO2)C(=O)OC. The van der Waals surface area contributed by atoms with Gasteiger partial charge in [-0.3, -0.25) is 4.79 Å². The molecular formula is C14H19NO4. The first-order valence-corrected chi connectivity index (χ1v) is 6.41. The zero-order chi connectivity index (χ0) is 13.7. The van der Waals surface area contributed by atoms with Crippen LogP contribution in [0.3, 0.4) is 0 Å². The molecule has 5 nitrogen and oxygen atoms in total. The average Bonchev–Trinajstić information content (AvgIpc) is 2.90. The maximum Gasteiger partial charge on any atom is 0.309 e. The fourth-order valence-corrected chi connectivity index (χ4v) is 2.00. The van der Waals surface area contributed by atoms with E-state index in [1.807, 2.05) is 25.1 Å². The Kier molecular flexibility index (Phi) is 4.63. The van der Waals surface area contributed by atoms with Crippen LogP contribution in [0.25, 0.3) is 0 Å². The Morgan fingerprint density at radius 1 is 1.42 bits per heavy atom. The molecule has 0 bridgehead atoms. The van der Waals surface area contributed by atoms with Gasteiger partial charge in [-0.1, -0.05) is 13.0 Å². The predicted molar refractivity (Wildman–Crippen MR) is 70.1 cm³/mol. The van der Waals surface area contributed by atoms with E-state index in [-0.39, 0.29) is 18.7 Å². The Bertz CT molecular complexity index is 447. The van der Waals surface area contributed by atoms with Gasteiger partial charge < -0.3 is 19.5 Å². The molecule has 5 heteroatoms. The second-order valence-corrected chi connectivity index (χ2v) is 4.45. The number of esters is 1. The molecule has 1 aliphatic heterocycles. The molecule has 0 saturated heterocycles. The predicted octanol–water partition coefficient (Wildman–Crippen LogP) is 1.70.